The summed E-state index contributed by atoms with van der Waals surface area (Å²) in [5.41, 5.74) is 1.37. The van der Waals surface area contributed by atoms with Crippen molar-refractivity contribution in [3.8, 4) is 0 Å². The summed E-state index contributed by atoms with van der Waals surface area (Å²) in [6, 6.07) is 13.1. The smallest absolute Gasteiger partial charge is 0.271 e. The second kappa shape index (κ2) is 9.01. The Morgan fingerprint density at radius 1 is 1.21 bits per heavy atom. The molecule has 2 aromatic rings. The van der Waals surface area contributed by atoms with Crippen LogP contribution in [0.3, 0.4) is 0 Å². The van der Waals surface area contributed by atoms with Gasteiger partial charge in [-0.2, -0.15) is 5.10 Å². The summed E-state index contributed by atoms with van der Waals surface area (Å²) in [7, 11) is 0. The van der Waals surface area contributed by atoms with Crippen molar-refractivity contribution in [2.24, 2.45) is 0 Å². The van der Waals surface area contributed by atoms with Crippen LogP contribution in [-0.4, -0.2) is 21.7 Å². The quantitative estimate of drug-likeness (QED) is 0.811. The molecule has 0 aliphatic rings. The Labute approximate surface area is 142 Å². The summed E-state index contributed by atoms with van der Waals surface area (Å²) in [5.74, 6) is -0.235. The molecule has 0 aliphatic heterocycles. The number of aromatic nitrogens is 2. The van der Waals surface area contributed by atoms with Gasteiger partial charge in [-0.3, -0.25) is 9.59 Å². The summed E-state index contributed by atoms with van der Waals surface area (Å²) < 4.78 is 1.37. The highest BCUT2D eigenvalue weighted by Gasteiger charge is 2.12. The van der Waals surface area contributed by atoms with Gasteiger partial charge in [0.2, 0.25) is 0 Å². The van der Waals surface area contributed by atoms with Gasteiger partial charge >= 0.3 is 0 Å². The number of nitrogens with zero attached hydrogens (tertiary/aromatic N) is 2. The van der Waals surface area contributed by atoms with E-state index in [1.54, 1.807) is 0 Å². The minimum absolute atomic E-state index is 0.0375. The third kappa shape index (κ3) is 5.33. The van der Waals surface area contributed by atoms with E-state index >= 15 is 0 Å². The molecule has 1 heterocycles. The molecule has 5 heteroatoms. The Bertz CT molecular complexity index is 710. The van der Waals surface area contributed by atoms with E-state index in [0.29, 0.717) is 6.54 Å². The minimum atomic E-state index is -0.235. The van der Waals surface area contributed by atoms with Crippen LogP contribution in [0.25, 0.3) is 0 Å². The Morgan fingerprint density at radius 3 is 2.67 bits per heavy atom. The molecule has 0 radical (unpaired) electrons. The molecule has 1 unspecified atom stereocenters. The van der Waals surface area contributed by atoms with Gasteiger partial charge in [0.15, 0.2) is 0 Å². The number of hydrogen-bond acceptors (Lipinski definition) is 3. The van der Waals surface area contributed by atoms with Crippen LogP contribution in [0.4, 0.5) is 0 Å². The molecule has 1 atom stereocenters. The van der Waals surface area contributed by atoms with Crippen LogP contribution in [0.1, 0.15) is 49.2 Å². The third-order valence-corrected chi connectivity index (χ3v) is 3.91. The van der Waals surface area contributed by atoms with Gasteiger partial charge in [-0.25, -0.2) is 4.68 Å². The first-order chi connectivity index (χ1) is 11.6. The lowest BCUT2D eigenvalue weighted by Gasteiger charge is -2.14. The topological polar surface area (TPSA) is 64.0 Å². The monoisotopic (exact) mass is 327 g/mol. The number of hydrogen-bond donors (Lipinski definition) is 1. The van der Waals surface area contributed by atoms with Crippen molar-refractivity contribution < 1.29 is 4.79 Å². The molecule has 0 bridgehead atoms. The molecule has 1 N–H and O–H groups in total. The Hall–Kier alpha value is -2.43. The summed E-state index contributed by atoms with van der Waals surface area (Å²) in [5, 5.41) is 7.13. The fraction of sp³-hybridized carbons (Fsp3) is 0.421. The average molecular weight is 327 g/mol. The first-order valence-electron chi connectivity index (χ1n) is 8.53. The number of unbranched alkanes of at least 4 members (excludes halogenated alkanes) is 1. The lowest BCUT2D eigenvalue weighted by Crippen LogP contribution is -2.35. The molecule has 128 valence electrons. The molecule has 1 aromatic carbocycles. The van der Waals surface area contributed by atoms with E-state index in [1.165, 1.54) is 22.4 Å². The van der Waals surface area contributed by atoms with Crippen molar-refractivity contribution in [3.05, 3.63) is 64.1 Å². The molecule has 24 heavy (non-hydrogen) atoms. The molecule has 0 saturated carbocycles. The molecular formula is C19H25N3O2. The van der Waals surface area contributed by atoms with Crippen molar-refractivity contribution >= 4 is 5.91 Å². The van der Waals surface area contributed by atoms with Crippen molar-refractivity contribution in [3.63, 3.8) is 0 Å². The van der Waals surface area contributed by atoms with Crippen molar-refractivity contribution in [1.29, 1.82) is 0 Å². The van der Waals surface area contributed by atoms with E-state index in [0.717, 1.165) is 25.7 Å². The number of aryl methyl sites for hydroxylation is 2. The summed E-state index contributed by atoms with van der Waals surface area (Å²) in [4.78, 5) is 24.1. The highest BCUT2D eigenvalue weighted by molar-refractivity contribution is 5.92. The van der Waals surface area contributed by atoms with E-state index in [9.17, 15) is 9.59 Å². The SMILES string of the molecule is CCCCn1nc(C(=O)NC(C)CCc2ccccc2)ccc1=O. The van der Waals surface area contributed by atoms with Crippen molar-refractivity contribution in [2.75, 3.05) is 0 Å². The van der Waals surface area contributed by atoms with Crippen LogP contribution >= 0.6 is 0 Å². The average Bonchev–Trinajstić information content (AvgIpc) is 2.60. The van der Waals surface area contributed by atoms with E-state index in [4.69, 9.17) is 0 Å². The Kier molecular flexibility index (Phi) is 6.73. The van der Waals surface area contributed by atoms with Crippen LogP contribution < -0.4 is 10.9 Å². The lowest BCUT2D eigenvalue weighted by molar-refractivity contribution is 0.0930. The van der Waals surface area contributed by atoms with Gasteiger partial charge in [0.1, 0.15) is 5.69 Å². The van der Waals surface area contributed by atoms with Gasteiger partial charge in [0.25, 0.3) is 11.5 Å². The summed E-state index contributed by atoms with van der Waals surface area (Å²) in [6.45, 7) is 4.57. The maximum Gasteiger partial charge on any atom is 0.271 e. The Morgan fingerprint density at radius 2 is 1.96 bits per heavy atom. The van der Waals surface area contributed by atoms with E-state index in [2.05, 4.69) is 29.5 Å². The lowest BCUT2D eigenvalue weighted by atomic mass is 10.1. The minimum Gasteiger partial charge on any atom is -0.348 e. The van der Waals surface area contributed by atoms with Crippen LogP contribution in [0, 0.1) is 0 Å². The zero-order chi connectivity index (χ0) is 17.4. The van der Waals surface area contributed by atoms with Crippen LogP contribution in [0.15, 0.2) is 47.3 Å². The fourth-order valence-electron chi connectivity index (χ4n) is 2.44. The fourth-order valence-corrected chi connectivity index (χ4v) is 2.44. The first-order valence-corrected chi connectivity index (χ1v) is 8.53. The second-order valence-electron chi connectivity index (χ2n) is 6.03. The predicted molar refractivity (Wildman–Crippen MR) is 95.1 cm³/mol. The van der Waals surface area contributed by atoms with Gasteiger partial charge in [0, 0.05) is 18.7 Å². The van der Waals surface area contributed by atoms with Gasteiger partial charge in [-0.15, -0.1) is 0 Å². The largest absolute Gasteiger partial charge is 0.348 e. The number of nitrogens with one attached hydrogen (secondary N) is 1. The van der Waals surface area contributed by atoms with E-state index < -0.39 is 0 Å². The number of amides is 1. The summed E-state index contributed by atoms with van der Waals surface area (Å²) in [6.07, 6.45) is 3.60. The van der Waals surface area contributed by atoms with Crippen LogP contribution in [-0.2, 0) is 13.0 Å². The maximum atomic E-state index is 12.3. The number of rotatable bonds is 8. The second-order valence-corrected chi connectivity index (χ2v) is 6.03. The van der Waals surface area contributed by atoms with Gasteiger partial charge < -0.3 is 5.32 Å². The van der Waals surface area contributed by atoms with E-state index in [1.807, 2.05) is 25.1 Å². The van der Waals surface area contributed by atoms with Crippen molar-refractivity contribution in [1.82, 2.24) is 15.1 Å². The molecule has 0 spiro atoms. The van der Waals surface area contributed by atoms with Crippen LogP contribution in [0.5, 0.6) is 0 Å². The van der Waals surface area contributed by atoms with Gasteiger partial charge in [-0.05, 0) is 37.8 Å². The predicted octanol–water partition coefficient (Wildman–Crippen LogP) is 2.79. The zero-order valence-electron chi connectivity index (χ0n) is 14.4. The first kappa shape index (κ1) is 17.9. The van der Waals surface area contributed by atoms with E-state index in [-0.39, 0.29) is 23.2 Å². The molecule has 1 amide bonds. The Balaban J connectivity index is 1.92. The molecule has 0 aliphatic carbocycles. The molecule has 0 fully saturated rings. The van der Waals surface area contributed by atoms with Crippen LogP contribution in [0.2, 0.25) is 0 Å². The standard InChI is InChI=1S/C19H25N3O2/c1-3-4-14-22-18(23)13-12-17(21-22)19(24)20-15(2)10-11-16-8-6-5-7-9-16/h5-9,12-13,15H,3-4,10-11,14H2,1-2H3,(H,20,24). The van der Waals surface area contributed by atoms with Crippen molar-refractivity contribution in [2.45, 2.75) is 52.1 Å². The molecule has 1 aromatic heterocycles. The molecule has 2 rings (SSSR count). The van der Waals surface area contributed by atoms with Gasteiger partial charge in [0.05, 0.1) is 0 Å². The highest BCUT2D eigenvalue weighted by Crippen LogP contribution is 2.05. The molecule has 0 saturated heterocycles. The molecular weight excluding hydrogens is 302 g/mol. The molecule has 5 nitrogen and oxygen atoms in total. The van der Waals surface area contributed by atoms with Gasteiger partial charge in [-0.1, -0.05) is 43.7 Å². The maximum absolute atomic E-state index is 12.3. The number of benzene rings is 1. The summed E-state index contributed by atoms with van der Waals surface area (Å²) >= 11 is 0. The highest BCUT2D eigenvalue weighted by atomic mass is 16.2. The number of carbonyl (C=O) groups excluding carboxylic acids is 1. The third-order valence-electron chi connectivity index (χ3n) is 3.91. The zero-order valence-corrected chi connectivity index (χ0v) is 14.4. The normalized spacial score (nSPS) is 11.9. The number of carbonyl (C=O) groups is 1.